The molecule has 3 aromatic heterocycles. The maximum Gasteiger partial charge on any atom is 1.00 e. The van der Waals surface area contributed by atoms with Crippen LogP contribution in [0.4, 0.5) is 5.69 Å². The number of morpholine rings is 1. The van der Waals surface area contributed by atoms with Gasteiger partial charge in [-0.25, -0.2) is 4.98 Å². The van der Waals surface area contributed by atoms with Crippen molar-refractivity contribution in [2.75, 3.05) is 38.3 Å². The van der Waals surface area contributed by atoms with Crippen molar-refractivity contribution < 1.29 is 44.7 Å². The second kappa shape index (κ2) is 9.51. The Labute approximate surface area is 193 Å². The van der Waals surface area contributed by atoms with E-state index in [9.17, 15) is 4.21 Å². The number of pyridine rings is 2. The second-order valence-corrected chi connectivity index (χ2v) is 7.69. The first-order valence-electron chi connectivity index (χ1n) is 8.41. The molecule has 28 heavy (non-hydrogen) atoms. The number of hydrogen-bond acceptors (Lipinski definition) is 7. The van der Waals surface area contributed by atoms with Gasteiger partial charge in [0.2, 0.25) is 5.88 Å². The molecule has 1 aliphatic heterocycles. The molecule has 0 amide bonds. The van der Waals surface area contributed by atoms with Crippen molar-refractivity contribution in [3.05, 3.63) is 35.1 Å². The summed E-state index contributed by atoms with van der Waals surface area (Å²) >= 11 is 6.55. The Morgan fingerprint density at radius 3 is 2.86 bits per heavy atom. The maximum absolute atomic E-state index is 12.8. The van der Waals surface area contributed by atoms with E-state index in [1.165, 1.54) is 7.11 Å². The van der Waals surface area contributed by atoms with Gasteiger partial charge in [0.15, 0.2) is 10.8 Å². The number of fused-ring (bicyclic) bond motifs is 1. The van der Waals surface area contributed by atoms with E-state index in [0.29, 0.717) is 46.1 Å². The fourth-order valence-electron chi connectivity index (χ4n) is 2.89. The number of nitrogens with zero attached hydrogens (tertiary/aromatic N) is 4. The van der Waals surface area contributed by atoms with E-state index in [2.05, 4.69) is 24.8 Å². The third-order valence-corrected chi connectivity index (χ3v) is 5.86. The second-order valence-electron chi connectivity index (χ2n) is 5.95. The molecule has 1 saturated heterocycles. The number of imidazole rings is 1. The fraction of sp³-hybridized carbons (Fsp3) is 0.353. The molecule has 1 fully saturated rings. The summed E-state index contributed by atoms with van der Waals surface area (Å²) in [6.07, 6.45) is 1.69. The Kier molecular flexibility index (Phi) is 7.30. The molecule has 1 N–H and O–H groups in total. The van der Waals surface area contributed by atoms with Crippen LogP contribution in [0.15, 0.2) is 29.6 Å². The minimum absolute atomic E-state index is 0. The predicted molar refractivity (Wildman–Crippen MR) is 104 cm³/mol. The van der Waals surface area contributed by atoms with Gasteiger partial charge >= 0.3 is 29.6 Å². The van der Waals surface area contributed by atoms with Gasteiger partial charge in [0.05, 0.1) is 58.8 Å². The quantitative estimate of drug-likeness (QED) is 0.533. The van der Waals surface area contributed by atoms with Crippen LogP contribution >= 0.6 is 11.6 Å². The van der Waals surface area contributed by atoms with Gasteiger partial charge in [0.25, 0.3) is 0 Å². The van der Waals surface area contributed by atoms with Crippen LogP contribution in [0.5, 0.6) is 5.88 Å². The zero-order chi connectivity index (χ0) is 18.8. The van der Waals surface area contributed by atoms with Crippen LogP contribution in [0.1, 0.15) is 7.12 Å². The van der Waals surface area contributed by atoms with Crippen molar-refractivity contribution in [2.24, 2.45) is 0 Å². The van der Waals surface area contributed by atoms with Gasteiger partial charge in [-0.05, 0) is 12.1 Å². The van der Waals surface area contributed by atoms with Crippen LogP contribution < -0.4 is 39.2 Å². The number of anilines is 1. The SMILES string of the molecule is COc1ccc2[nH]c([S@@](=O)Cc3nccc(N4CCOCC4)c3Cl)nc2n1.[H-].[Na+]. The van der Waals surface area contributed by atoms with Gasteiger partial charge in [-0.1, -0.05) is 11.6 Å². The number of hydrogen-bond donors (Lipinski definition) is 1. The van der Waals surface area contributed by atoms with Crippen LogP contribution in [-0.4, -0.2) is 57.6 Å². The number of nitrogens with one attached hydrogen (secondary N) is 1. The average molecular weight is 432 g/mol. The standard InChI is InChI=1S/C17H18ClN5O3S.Na.H/c1-25-14-3-2-11-16(21-14)22-17(20-11)27(24)10-12-15(18)13(4-5-19-12)23-6-8-26-9-7-23;;/h2-5H,6-10H2,1H3,(H,20,21,22);;/q;+1;-1/t27-;;/m0../s1. The van der Waals surface area contributed by atoms with E-state index in [-0.39, 0.29) is 36.7 Å². The zero-order valence-corrected chi connectivity index (χ0v) is 19.2. The summed E-state index contributed by atoms with van der Waals surface area (Å²) in [4.78, 5) is 18.1. The molecule has 0 radical (unpaired) electrons. The molecule has 0 bridgehead atoms. The summed E-state index contributed by atoms with van der Waals surface area (Å²) < 4.78 is 23.3. The average Bonchev–Trinajstić information content (AvgIpc) is 3.13. The minimum atomic E-state index is -1.44. The summed E-state index contributed by atoms with van der Waals surface area (Å²) in [6, 6.07) is 5.38. The van der Waals surface area contributed by atoms with Crippen molar-refractivity contribution >= 4 is 39.3 Å². The summed E-state index contributed by atoms with van der Waals surface area (Å²) in [6.45, 7) is 2.86. The van der Waals surface area contributed by atoms with Gasteiger partial charge in [-0.15, -0.1) is 0 Å². The van der Waals surface area contributed by atoms with Gasteiger partial charge < -0.3 is 20.8 Å². The summed E-state index contributed by atoms with van der Waals surface area (Å²) in [5.74, 6) is 0.614. The van der Waals surface area contributed by atoms with Gasteiger partial charge in [0, 0.05) is 25.4 Å². The normalized spacial score (nSPS) is 15.3. The maximum atomic E-state index is 12.8. The van der Waals surface area contributed by atoms with Crippen LogP contribution in [0.3, 0.4) is 0 Å². The summed E-state index contributed by atoms with van der Waals surface area (Å²) in [7, 11) is 0.1000. The van der Waals surface area contributed by atoms with Crippen molar-refractivity contribution in [1.29, 1.82) is 0 Å². The summed E-state index contributed by atoms with van der Waals surface area (Å²) in [5.41, 5.74) is 2.61. The number of H-pyrrole nitrogens is 1. The van der Waals surface area contributed by atoms with Crippen LogP contribution in [0.25, 0.3) is 11.2 Å². The molecule has 0 aromatic carbocycles. The first-order valence-corrected chi connectivity index (χ1v) is 10.1. The Balaban J connectivity index is 0.00000150. The Morgan fingerprint density at radius 2 is 2.11 bits per heavy atom. The van der Waals surface area contributed by atoms with Gasteiger partial charge in [-0.3, -0.25) is 9.19 Å². The predicted octanol–water partition coefficient (Wildman–Crippen LogP) is -0.724. The van der Waals surface area contributed by atoms with Crippen molar-refractivity contribution in [3.8, 4) is 5.88 Å². The third kappa shape index (κ3) is 4.50. The van der Waals surface area contributed by atoms with Crippen LogP contribution in [0.2, 0.25) is 5.02 Å². The molecule has 0 unspecified atom stereocenters. The number of halogens is 1. The molecular formula is C17H19ClN5NaO3S. The molecule has 8 nitrogen and oxygen atoms in total. The van der Waals surface area contributed by atoms with E-state index in [1.807, 2.05) is 6.07 Å². The smallest absolute Gasteiger partial charge is 1.00 e. The molecule has 144 valence electrons. The third-order valence-electron chi connectivity index (χ3n) is 4.28. The molecule has 0 aliphatic carbocycles. The molecule has 11 heteroatoms. The van der Waals surface area contributed by atoms with Crippen molar-refractivity contribution in [3.63, 3.8) is 0 Å². The van der Waals surface area contributed by atoms with Crippen molar-refractivity contribution in [2.45, 2.75) is 10.9 Å². The number of ether oxygens (including phenoxy) is 2. The topological polar surface area (TPSA) is 93.2 Å². The first kappa shape index (κ1) is 21.5. The summed E-state index contributed by atoms with van der Waals surface area (Å²) in [5, 5.41) is 0.851. The van der Waals surface area contributed by atoms with E-state index >= 15 is 0 Å². The van der Waals surface area contributed by atoms with Crippen LogP contribution in [-0.2, 0) is 21.3 Å². The molecule has 0 saturated carbocycles. The fourth-order valence-corrected chi connectivity index (χ4v) is 4.29. The molecule has 4 rings (SSSR count). The molecule has 0 spiro atoms. The van der Waals surface area contributed by atoms with E-state index in [4.69, 9.17) is 21.1 Å². The minimum Gasteiger partial charge on any atom is -1.00 e. The van der Waals surface area contributed by atoms with Gasteiger partial charge in [0.1, 0.15) is 0 Å². The number of rotatable bonds is 5. The molecule has 4 heterocycles. The van der Waals surface area contributed by atoms with E-state index in [0.717, 1.165) is 18.8 Å². The first-order chi connectivity index (χ1) is 13.2. The number of aromatic amines is 1. The molecule has 1 aliphatic rings. The largest absolute Gasteiger partial charge is 1.00 e. The van der Waals surface area contributed by atoms with Crippen LogP contribution in [0, 0.1) is 0 Å². The Morgan fingerprint density at radius 1 is 1.32 bits per heavy atom. The zero-order valence-electron chi connectivity index (χ0n) is 16.6. The number of aromatic nitrogens is 4. The van der Waals surface area contributed by atoms with E-state index < -0.39 is 10.8 Å². The monoisotopic (exact) mass is 431 g/mol. The molecule has 3 aromatic rings. The van der Waals surface area contributed by atoms with E-state index in [1.54, 1.807) is 18.3 Å². The number of methoxy groups -OCH3 is 1. The van der Waals surface area contributed by atoms with Crippen molar-refractivity contribution in [1.82, 2.24) is 19.9 Å². The molecular weight excluding hydrogens is 413 g/mol. The molecule has 1 atom stereocenters. The van der Waals surface area contributed by atoms with Gasteiger partial charge in [-0.2, -0.15) is 4.98 Å². The Hall–Kier alpha value is -1.23. The Bertz CT molecular complexity index is 1000.